The Morgan fingerprint density at radius 2 is 1.66 bits per heavy atom. The maximum Gasteiger partial charge on any atom is 0.407 e. The first-order valence-corrected chi connectivity index (χ1v) is 17.6. The number of non-ortho nitro benzene ring substituents is 1. The van der Waals surface area contributed by atoms with Gasteiger partial charge < -0.3 is 24.3 Å². The number of hydrogen-bond donors (Lipinski definition) is 1. The van der Waals surface area contributed by atoms with Gasteiger partial charge in [-0.25, -0.2) is 9.78 Å². The second-order valence-electron chi connectivity index (χ2n) is 12.4. The molecule has 5 rings (SSSR count). The number of carbonyl (C=O) groups excluding carboxylic acids is 2. The van der Waals surface area contributed by atoms with E-state index in [1.54, 1.807) is 12.4 Å². The second-order valence-corrected chi connectivity index (χ2v) is 15.2. The van der Waals surface area contributed by atoms with Crippen LogP contribution in [0.4, 0.5) is 15.6 Å². The van der Waals surface area contributed by atoms with E-state index in [0.717, 1.165) is 11.7 Å². The van der Waals surface area contributed by atoms with Crippen LogP contribution in [0.5, 0.6) is 0 Å². The van der Waals surface area contributed by atoms with Crippen molar-refractivity contribution in [3.05, 3.63) is 112 Å². The lowest BCUT2D eigenvalue weighted by molar-refractivity contribution is -0.384. The van der Waals surface area contributed by atoms with Crippen LogP contribution in [0.2, 0.25) is 0 Å². The lowest BCUT2D eigenvalue weighted by Gasteiger charge is -2.53. The van der Waals surface area contributed by atoms with Crippen LogP contribution in [0, 0.1) is 21.4 Å². The number of thiazole rings is 1. The van der Waals surface area contributed by atoms with Gasteiger partial charge in [0, 0.05) is 50.1 Å². The Morgan fingerprint density at radius 3 is 2.23 bits per heavy atom. The molecule has 1 N–H and O–H groups in total. The first kappa shape index (κ1) is 33.8. The van der Waals surface area contributed by atoms with Crippen molar-refractivity contribution in [3.8, 4) is 0 Å². The molecule has 2 amide bonds. The number of alkyl carbamates (subject to hydrolysis) is 1. The molecule has 1 aliphatic heterocycles. The molecule has 11 nitrogen and oxygen atoms in total. The summed E-state index contributed by atoms with van der Waals surface area (Å²) >= 11 is 1.42. The van der Waals surface area contributed by atoms with Crippen molar-refractivity contribution in [2.75, 3.05) is 31.6 Å². The monoisotopic (exact) mass is 672 g/mol. The summed E-state index contributed by atoms with van der Waals surface area (Å²) in [6, 6.07) is 26.5. The molecule has 2 heterocycles. The SMILES string of the molecule is CN(CCNC(=O)OCc1ccc([N+](=O)[O-])cc1)C(=O)c1csc(N2CC(C(C)(C)C)C2O[Si](c2ccccc2)c2ccccc2)n1. The molecule has 0 saturated carbocycles. The fourth-order valence-electron chi connectivity index (χ4n) is 5.15. The molecule has 2 unspecified atom stereocenters. The van der Waals surface area contributed by atoms with Crippen molar-refractivity contribution < 1.29 is 23.7 Å². The minimum absolute atomic E-state index is 0.00758. The average molecular weight is 673 g/mol. The second kappa shape index (κ2) is 14.9. The van der Waals surface area contributed by atoms with Gasteiger partial charge in [-0.3, -0.25) is 14.9 Å². The molecule has 245 valence electrons. The molecular formula is C34H38N5O6SSi. The van der Waals surface area contributed by atoms with Crippen LogP contribution in [0.1, 0.15) is 36.8 Å². The lowest BCUT2D eigenvalue weighted by atomic mass is 9.74. The van der Waals surface area contributed by atoms with Crippen LogP contribution >= 0.6 is 11.3 Å². The van der Waals surface area contributed by atoms with Gasteiger partial charge in [0.2, 0.25) is 0 Å². The molecule has 47 heavy (non-hydrogen) atoms. The van der Waals surface area contributed by atoms with Crippen molar-refractivity contribution in [3.63, 3.8) is 0 Å². The van der Waals surface area contributed by atoms with Crippen molar-refractivity contribution in [2.45, 2.75) is 33.6 Å². The molecule has 0 aliphatic carbocycles. The van der Waals surface area contributed by atoms with E-state index in [-0.39, 0.29) is 48.9 Å². The zero-order valence-corrected chi connectivity index (χ0v) is 28.6. The molecule has 1 aromatic heterocycles. The highest BCUT2D eigenvalue weighted by Gasteiger charge is 2.49. The van der Waals surface area contributed by atoms with E-state index in [1.165, 1.54) is 50.9 Å². The topological polar surface area (TPSA) is 127 Å². The fourth-order valence-corrected chi connectivity index (χ4v) is 8.12. The van der Waals surface area contributed by atoms with Crippen LogP contribution in [0.25, 0.3) is 0 Å². The molecule has 1 saturated heterocycles. The summed E-state index contributed by atoms with van der Waals surface area (Å²) in [5.41, 5.74) is 0.931. The zero-order valence-electron chi connectivity index (χ0n) is 26.8. The molecule has 3 aromatic carbocycles. The third-order valence-corrected chi connectivity index (χ3v) is 11.1. The van der Waals surface area contributed by atoms with Gasteiger partial charge in [0.15, 0.2) is 5.13 Å². The Hall–Kier alpha value is -4.59. The quantitative estimate of drug-likeness (QED) is 0.131. The van der Waals surface area contributed by atoms with Crippen molar-refractivity contribution in [2.24, 2.45) is 11.3 Å². The number of nitrogens with one attached hydrogen (secondary N) is 1. The Morgan fingerprint density at radius 1 is 1.04 bits per heavy atom. The molecular weight excluding hydrogens is 635 g/mol. The number of nitro groups is 1. The molecule has 2 atom stereocenters. The smallest absolute Gasteiger partial charge is 0.407 e. The number of ether oxygens (including phenoxy) is 1. The number of rotatable bonds is 12. The Labute approximate surface area is 280 Å². The van der Waals surface area contributed by atoms with Crippen molar-refractivity contribution in [1.82, 2.24) is 15.2 Å². The Balaban J connectivity index is 1.18. The number of hydrogen-bond acceptors (Lipinski definition) is 9. The van der Waals surface area contributed by atoms with E-state index in [4.69, 9.17) is 14.1 Å². The average Bonchev–Trinajstić information content (AvgIpc) is 3.53. The molecule has 4 aromatic rings. The number of anilines is 1. The van der Waals surface area contributed by atoms with Gasteiger partial charge in [-0.1, -0.05) is 81.4 Å². The molecule has 1 radical (unpaired) electrons. The van der Waals surface area contributed by atoms with E-state index < -0.39 is 20.1 Å². The number of amides is 2. The first-order valence-electron chi connectivity index (χ1n) is 15.3. The highest BCUT2D eigenvalue weighted by Crippen LogP contribution is 2.43. The summed E-state index contributed by atoms with van der Waals surface area (Å²) in [5.74, 6) is 0.0177. The summed E-state index contributed by atoms with van der Waals surface area (Å²) in [4.78, 5) is 44.1. The fraction of sp³-hybridized carbons (Fsp3) is 0.324. The maximum atomic E-state index is 13.2. The van der Waals surface area contributed by atoms with Gasteiger partial charge in [0.25, 0.3) is 20.6 Å². The number of nitro benzene ring substituents is 1. The summed E-state index contributed by atoms with van der Waals surface area (Å²) in [6.07, 6.45) is -0.846. The van der Waals surface area contributed by atoms with Gasteiger partial charge in [0.05, 0.1) is 4.92 Å². The Bertz CT molecular complexity index is 1630. The minimum atomic E-state index is -1.56. The standard InChI is InChI=1S/C34H38N5O6SSi/c1-34(2,3)28-21-38(31(28)45-47(26-11-7-5-8-12-26)27-13-9-6-10-14-27)32-36-29(23-46-32)30(40)37(4)20-19-35-33(41)44-22-24-15-17-25(18-16-24)39(42)43/h5-18,23,28,31H,19-22H2,1-4H3,(H,35,41). The third kappa shape index (κ3) is 8.42. The van der Waals surface area contributed by atoms with Crippen LogP contribution in [-0.4, -0.2) is 68.8 Å². The zero-order chi connectivity index (χ0) is 33.6. The van der Waals surface area contributed by atoms with Crippen LogP contribution in [-0.2, 0) is 15.8 Å². The van der Waals surface area contributed by atoms with E-state index in [1.807, 2.05) is 36.4 Å². The number of nitrogens with zero attached hydrogens (tertiary/aromatic N) is 4. The number of likely N-dealkylation sites (N-methyl/N-ethyl adjacent to an activating group) is 1. The molecule has 1 fully saturated rings. The van der Waals surface area contributed by atoms with Gasteiger partial charge >= 0.3 is 6.09 Å². The minimum Gasteiger partial charge on any atom is -0.445 e. The number of aromatic nitrogens is 1. The van der Waals surface area contributed by atoms with Crippen molar-refractivity contribution in [1.29, 1.82) is 0 Å². The largest absolute Gasteiger partial charge is 0.445 e. The van der Waals surface area contributed by atoms with Gasteiger partial charge in [-0.05, 0) is 33.5 Å². The normalized spacial score (nSPS) is 16.0. The van der Waals surface area contributed by atoms with Crippen LogP contribution in [0.15, 0.2) is 90.3 Å². The van der Waals surface area contributed by atoms with E-state index in [0.29, 0.717) is 11.3 Å². The maximum absolute atomic E-state index is 13.2. The molecule has 13 heteroatoms. The van der Waals surface area contributed by atoms with Gasteiger partial charge in [0.1, 0.15) is 18.5 Å². The van der Waals surface area contributed by atoms with Crippen molar-refractivity contribution >= 4 is 53.6 Å². The highest BCUT2D eigenvalue weighted by molar-refractivity contribution is 7.14. The molecule has 0 spiro atoms. The third-order valence-electron chi connectivity index (χ3n) is 8.00. The van der Waals surface area contributed by atoms with Crippen LogP contribution in [0.3, 0.4) is 0 Å². The summed E-state index contributed by atoms with van der Waals surface area (Å²) < 4.78 is 12.2. The summed E-state index contributed by atoms with van der Waals surface area (Å²) in [6.45, 7) is 7.86. The highest BCUT2D eigenvalue weighted by atomic mass is 32.1. The number of carbonyl (C=O) groups is 2. The Kier molecular flexibility index (Phi) is 10.7. The van der Waals surface area contributed by atoms with E-state index >= 15 is 0 Å². The molecule has 0 bridgehead atoms. The van der Waals surface area contributed by atoms with E-state index in [2.05, 4.69) is 55.3 Å². The lowest BCUT2D eigenvalue weighted by Crippen LogP contribution is -2.65. The summed E-state index contributed by atoms with van der Waals surface area (Å²) in [5, 5.41) is 18.3. The predicted molar refractivity (Wildman–Crippen MR) is 183 cm³/mol. The van der Waals surface area contributed by atoms with Gasteiger partial charge in [-0.15, -0.1) is 11.3 Å². The summed E-state index contributed by atoms with van der Waals surface area (Å²) in [7, 11) is 0.0928. The first-order chi connectivity index (χ1) is 22.5. The predicted octanol–water partition coefficient (Wildman–Crippen LogP) is 4.68. The van der Waals surface area contributed by atoms with Gasteiger partial charge in [-0.2, -0.15) is 0 Å². The number of benzene rings is 3. The van der Waals surface area contributed by atoms with E-state index in [9.17, 15) is 19.7 Å². The van der Waals surface area contributed by atoms with Crippen LogP contribution < -0.4 is 20.6 Å². The molecule has 1 aliphatic rings.